The highest BCUT2D eigenvalue weighted by atomic mass is 35.5. The third-order valence-corrected chi connectivity index (χ3v) is 4.96. The van der Waals surface area contributed by atoms with Crippen LogP contribution in [0.3, 0.4) is 0 Å². The monoisotopic (exact) mass is 424 g/mol. The zero-order valence-corrected chi connectivity index (χ0v) is 17.6. The predicted molar refractivity (Wildman–Crippen MR) is 112 cm³/mol. The summed E-state index contributed by atoms with van der Waals surface area (Å²) >= 11 is 7.23. The first-order valence-electron chi connectivity index (χ1n) is 9.06. The molecule has 0 aliphatic carbocycles. The molecular weight excluding hydrogens is 400 g/mol. The van der Waals surface area contributed by atoms with Gasteiger partial charge in [-0.05, 0) is 30.7 Å². The second kappa shape index (κ2) is 11.6. The molecule has 152 valence electrons. The largest absolute Gasteiger partial charge is 0.383 e. The number of thiazole rings is 1. The van der Waals surface area contributed by atoms with Crippen LogP contribution in [-0.2, 0) is 11.3 Å². The van der Waals surface area contributed by atoms with Crippen molar-refractivity contribution in [3.05, 3.63) is 45.4 Å². The number of hydrogen-bond acceptors (Lipinski definition) is 5. The Kier molecular flexibility index (Phi) is 9.19. The first-order chi connectivity index (χ1) is 13.5. The van der Waals surface area contributed by atoms with Crippen molar-refractivity contribution in [2.24, 2.45) is 0 Å². The summed E-state index contributed by atoms with van der Waals surface area (Å²) in [6.45, 7) is 3.77. The summed E-state index contributed by atoms with van der Waals surface area (Å²) in [5.74, 6) is -0.190. The Hall–Kier alpha value is -2.16. The fourth-order valence-corrected chi connectivity index (χ4v) is 3.22. The van der Waals surface area contributed by atoms with E-state index in [0.717, 1.165) is 12.8 Å². The van der Waals surface area contributed by atoms with E-state index in [1.165, 1.54) is 11.3 Å². The maximum Gasteiger partial charge on any atom is 0.322 e. The second-order valence-electron chi connectivity index (χ2n) is 6.09. The van der Waals surface area contributed by atoms with Crippen LogP contribution >= 0.6 is 22.9 Å². The van der Waals surface area contributed by atoms with Crippen LogP contribution in [0.25, 0.3) is 0 Å². The summed E-state index contributed by atoms with van der Waals surface area (Å²) in [6, 6.07) is 6.61. The van der Waals surface area contributed by atoms with Gasteiger partial charge in [0.2, 0.25) is 0 Å². The first kappa shape index (κ1) is 22.1. The van der Waals surface area contributed by atoms with Crippen LogP contribution < -0.4 is 10.6 Å². The molecule has 0 atom stereocenters. The number of ether oxygens (including phenoxy) is 1. The van der Waals surface area contributed by atoms with Gasteiger partial charge in [0.25, 0.3) is 5.91 Å². The fraction of sp³-hybridized carbons (Fsp3) is 0.421. The Morgan fingerprint density at radius 3 is 2.71 bits per heavy atom. The predicted octanol–water partition coefficient (Wildman–Crippen LogP) is 4.01. The number of benzene rings is 1. The number of urea groups is 1. The molecule has 0 radical (unpaired) electrons. The van der Waals surface area contributed by atoms with Crippen LogP contribution in [-0.4, -0.2) is 48.6 Å². The average molecular weight is 425 g/mol. The maximum atomic E-state index is 12.6. The van der Waals surface area contributed by atoms with Crippen LogP contribution in [0, 0.1) is 0 Å². The smallest absolute Gasteiger partial charge is 0.322 e. The van der Waals surface area contributed by atoms with E-state index >= 15 is 0 Å². The standard InChI is InChI=1S/C19H25ClN4O3S/c1-3-4-9-21-18(25)16-13-28-17(23-16)12-24(10-11-27-2)19(26)22-15-7-5-14(20)6-8-15/h5-8,13H,3-4,9-12H2,1-2H3,(H,21,25)(H,22,26). The fourth-order valence-electron chi connectivity index (χ4n) is 2.31. The highest BCUT2D eigenvalue weighted by Crippen LogP contribution is 2.16. The van der Waals surface area contributed by atoms with E-state index in [9.17, 15) is 9.59 Å². The lowest BCUT2D eigenvalue weighted by atomic mass is 10.3. The minimum atomic E-state index is -0.275. The first-order valence-corrected chi connectivity index (χ1v) is 10.3. The van der Waals surface area contributed by atoms with Gasteiger partial charge in [-0.1, -0.05) is 24.9 Å². The SMILES string of the molecule is CCCCNC(=O)c1csc(CN(CCOC)C(=O)Nc2ccc(Cl)cc2)n1. The van der Waals surface area contributed by atoms with Gasteiger partial charge < -0.3 is 20.3 Å². The normalized spacial score (nSPS) is 10.5. The number of nitrogens with one attached hydrogen (secondary N) is 2. The van der Waals surface area contributed by atoms with Gasteiger partial charge in [-0.3, -0.25) is 4.79 Å². The molecule has 1 heterocycles. The molecule has 0 aliphatic heterocycles. The maximum absolute atomic E-state index is 12.6. The molecular formula is C19H25ClN4O3S. The molecule has 0 bridgehead atoms. The molecule has 0 saturated heterocycles. The highest BCUT2D eigenvalue weighted by Gasteiger charge is 2.17. The van der Waals surface area contributed by atoms with E-state index in [-0.39, 0.29) is 18.5 Å². The topological polar surface area (TPSA) is 83.6 Å². The van der Waals surface area contributed by atoms with Gasteiger partial charge in [-0.15, -0.1) is 11.3 Å². The van der Waals surface area contributed by atoms with Crippen molar-refractivity contribution < 1.29 is 14.3 Å². The summed E-state index contributed by atoms with van der Waals surface area (Å²) in [4.78, 5) is 30.7. The molecule has 2 rings (SSSR count). The Labute approximate surface area is 174 Å². The van der Waals surface area contributed by atoms with Gasteiger partial charge in [0.05, 0.1) is 13.2 Å². The number of aromatic nitrogens is 1. The van der Waals surface area contributed by atoms with Crippen molar-refractivity contribution in [1.82, 2.24) is 15.2 Å². The minimum absolute atomic E-state index is 0.190. The van der Waals surface area contributed by atoms with E-state index in [1.54, 1.807) is 41.7 Å². The van der Waals surface area contributed by atoms with Crippen LogP contribution in [0.2, 0.25) is 5.02 Å². The van der Waals surface area contributed by atoms with E-state index in [2.05, 4.69) is 22.5 Å². The Morgan fingerprint density at radius 1 is 1.29 bits per heavy atom. The summed E-state index contributed by atoms with van der Waals surface area (Å²) in [5, 5.41) is 8.67. The lowest BCUT2D eigenvalue weighted by molar-refractivity contribution is 0.0948. The van der Waals surface area contributed by atoms with Gasteiger partial charge >= 0.3 is 6.03 Å². The molecule has 3 amide bonds. The van der Waals surface area contributed by atoms with Crippen molar-refractivity contribution in [2.45, 2.75) is 26.3 Å². The number of carbonyl (C=O) groups excluding carboxylic acids is 2. The minimum Gasteiger partial charge on any atom is -0.383 e. The molecule has 1 aromatic heterocycles. The molecule has 0 aliphatic rings. The number of methoxy groups -OCH3 is 1. The van der Waals surface area contributed by atoms with Crippen LogP contribution in [0.15, 0.2) is 29.6 Å². The summed E-state index contributed by atoms with van der Waals surface area (Å²) in [7, 11) is 1.58. The number of hydrogen-bond donors (Lipinski definition) is 2. The molecule has 0 saturated carbocycles. The molecule has 0 unspecified atom stereocenters. The van der Waals surface area contributed by atoms with Crippen molar-refractivity contribution >= 4 is 40.6 Å². The lowest BCUT2D eigenvalue weighted by Crippen LogP contribution is -2.36. The Balaban J connectivity index is 2.00. The number of rotatable bonds is 10. The van der Waals surface area contributed by atoms with Gasteiger partial charge in [-0.25, -0.2) is 9.78 Å². The molecule has 28 heavy (non-hydrogen) atoms. The van der Waals surface area contributed by atoms with Crippen LogP contribution in [0.4, 0.5) is 10.5 Å². The Bertz CT molecular complexity index is 767. The summed E-state index contributed by atoms with van der Waals surface area (Å²) in [6.07, 6.45) is 1.94. The van der Waals surface area contributed by atoms with Crippen LogP contribution in [0.5, 0.6) is 0 Å². The second-order valence-corrected chi connectivity index (χ2v) is 7.47. The van der Waals surface area contributed by atoms with Crippen LogP contribution in [0.1, 0.15) is 35.3 Å². The third-order valence-electron chi connectivity index (χ3n) is 3.87. The van der Waals surface area contributed by atoms with Gasteiger partial charge in [0, 0.05) is 36.3 Å². The molecule has 2 N–H and O–H groups in total. The molecule has 7 nitrogen and oxygen atoms in total. The molecule has 2 aromatic rings. The Morgan fingerprint density at radius 2 is 2.04 bits per heavy atom. The number of anilines is 1. The molecule has 9 heteroatoms. The van der Waals surface area contributed by atoms with E-state index < -0.39 is 0 Å². The lowest BCUT2D eigenvalue weighted by Gasteiger charge is -2.21. The molecule has 0 spiro atoms. The number of nitrogens with zero attached hydrogens (tertiary/aromatic N) is 2. The summed E-state index contributed by atoms with van der Waals surface area (Å²) < 4.78 is 5.10. The van der Waals surface area contributed by atoms with Gasteiger partial charge in [-0.2, -0.15) is 0 Å². The zero-order valence-electron chi connectivity index (χ0n) is 16.0. The van der Waals surface area contributed by atoms with Gasteiger partial charge in [0.15, 0.2) is 0 Å². The van der Waals surface area contributed by atoms with Crippen molar-refractivity contribution in [1.29, 1.82) is 0 Å². The van der Waals surface area contributed by atoms with Crippen molar-refractivity contribution in [3.63, 3.8) is 0 Å². The molecule has 1 aromatic carbocycles. The molecule has 0 fully saturated rings. The van der Waals surface area contributed by atoms with E-state index in [4.69, 9.17) is 16.3 Å². The van der Waals surface area contributed by atoms with Crippen molar-refractivity contribution in [3.8, 4) is 0 Å². The number of amides is 3. The number of unbranched alkanes of at least 4 members (excludes halogenated alkanes) is 1. The quantitative estimate of drug-likeness (QED) is 0.564. The zero-order chi connectivity index (χ0) is 20.4. The summed E-state index contributed by atoms with van der Waals surface area (Å²) in [5.41, 5.74) is 1.02. The number of halogens is 1. The van der Waals surface area contributed by atoms with Crippen molar-refractivity contribution in [2.75, 3.05) is 32.1 Å². The third kappa shape index (κ3) is 7.10. The van der Waals surface area contributed by atoms with Gasteiger partial charge in [0.1, 0.15) is 10.7 Å². The van der Waals surface area contributed by atoms with E-state index in [0.29, 0.717) is 41.1 Å². The average Bonchev–Trinajstić information content (AvgIpc) is 3.15. The highest BCUT2D eigenvalue weighted by molar-refractivity contribution is 7.09. The van der Waals surface area contributed by atoms with E-state index in [1.807, 2.05) is 0 Å². The number of carbonyl (C=O) groups is 2.